The van der Waals surface area contributed by atoms with E-state index in [1.807, 2.05) is 0 Å². The molecule has 0 saturated carbocycles. The second kappa shape index (κ2) is 5.37. The molecule has 0 amide bonds. The first-order chi connectivity index (χ1) is 8.61. The van der Waals surface area contributed by atoms with Gasteiger partial charge in [0.1, 0.15) is 0 Å². The van der Waals surface area contributed by atoms with Crippen LogP contribution in [0.1, 0.15) is 18.9 Å². The van der Waals surface area contributed by atoms with Crippen LogP contribution >= 0.6 is 0 Å². The number of rotatable bonds is 4. The first kappa shape index (κ1) is 12.9. The molecule has 1 aromatic heterocycles. The molecule has 0 radical (unpaired) electrons. The topological polar surface area (TPSA) is 99.8 Å². The third kappa shape index (κ3) is 3.21. The number of piperidine rings is 1. The van der Waals surface area contributed by atoms with E-state index in [9.17, 15) is 8.42 Å². The number of anilines is 1. The summed E-state index contributed by atoms with van der Waals surface area (Å²) < 4.78 is 26.9. The fourth-order valence-corrected chi connectivity index (χ4v) is 2.67. The molecular formula is C10H15N5O2S. The molecule has 0 spiro atoms. The molecule has 2 rings (SSSR count). The van der Waals surface area contributed by atoms with E-state index in [0.29, 0.717) is 11.7 Å². The molecule has 0 unspecified atom stereocenters. The van der Waals surface area contributed by atoms with Crippen molar-refractivity contribution in [3.8, 4) is 6.07 Å². The van der Waals surface area contributed by atoms with Gasteiger partial charge in [0.15, 0.2) is 5.75 Å². The first-order valence-electron chi connectivity index (χ1n) is 5.73. The fourth-order valence-electron chi connectivity index (χ4n) is 1.96. The summed E-state index contributed by atoms with van der Waals surface area (Å²) in [5.41, 5.74) is 0.406. The highest BCUT2D eigenvalue weighted by molar-refractivity contribution is 7.92. The maximum atomic E-state index is 11.4. The van der Waals surface area contributed by atoms with Crippen LogP contribution in [0.2, 0.25) is 0 Å². The fraction of sp³-hybridized carbons (Fsp3) is 0.600. The van der Waals surface area contributed by atoms with Gasteiger partial charge < -0.3 is 5.32 Å². The van der Waals surface area contributed by atoms with Crippen molar-refractivity contribution in [3.05, 3.63) is 12.4 Å². The SMILES string of the molecule is N#CCS(=O)(=O)Nc1cnn(C2CCNCC2)c1. The van der Waals surface area contributed by atoms with Crippen molar-refractivity contribution in [1.29, 1.82) is 5.26 Å². The van der Waals surface area contributed by atoms with Crippen LogP contribution in [-0.4, -0.2) is 37.0 Å². The van der Waals surface area contributed by atoms with Crippen molar-refractivity contribution in [2.75, 3.05) is 23.6 Å². The van der Waals surface area contributed by atoms with Gasteiger partial charge in [-0.25, -0.2) is 8.42 Å². The maximum absolute atomic E-state index is 11.4. The van der Waals surface area contributed by atoms with Gasteiger partial charge in [-0.1, -0.05) is 0 Å². The Morgan fingerprint density at radius 2 is 2.28 bits per heavy atom. The van der Waals surface area contributed by atoms with Crippen molar-refractivity contribution in [2.24, 2.45) is 0 Å². The summed E-state index contributed by atoms with van der Waals surface area (Å²) in [7, 11) is -3.58. The van der Waals surface area contributed by atoms with E-state index < -0.39 is 15.8 Å². The minimum atomic E-state index is -3.58. The Morgan fingerprint density at radius 3 is 2.94 bits per heavy atom. The van der Waals surface area contributed by atoms with Crippen molar-refractivity contribution < 1.29 is 8.42 Å². The molecule has 0 bridgehead atoms. The zero-order valence-electron chi connectivity index (χ0n) is 9.83. The first-order valence-corrected chi connectivity index (χ1v) is 7.38. The predicted octanol–water partition coefficient (Wildman–Crippen LogP) is 0.0729. The third-order valence-corrected chi connectivity index (χ3v) is 3.87. The monoisotopic (exact) mass is 269 g/mol. The molecule has 0 aliphatic carbocycles. The Balaban J connectivity index is 2.04. The minimum absolute atomic E-state index is 0.306. The van der Waals surface area contributed by atoms with Gasteiger partial charge in [0.2, 0.25) is 10.0 Å². The van der Waals surface area contributed by atoms with Crippen LogP contribution in [0, 0.1) is 11.3 Å². The van der Waals surface area contributed by atoms with Gasteiger partial charge in [-0.3, -0.25) is 9.40 Å². The molecule has 0 atom stereocenters. The lowest BCUT2D eigenvalue weighted by Gasteiger charge is -2.22. The standard InChI is InChI=1S/C10H15N5O2S/c11-3-6-18(16,17)14-9-7-13-15(8-9)10-1-4-12-5-2-10/h7-8,10,12,14H,1-2,4-6H2. The van der Waals surface area contributed by atoms with E-state index in [4.69, 9.17) is 5.26 Å². The van der Waals surface area contributed by atoms with Gasteiger partial charge in [0.25, 0.3) is 0 Å². The van der Waals surface area contributed by atoms with Crippen LogP contribution in [0.4, 0.5) is 5.69 Å². The summed E-state index contributed by atoms with van der Waals surface area (Å²) in [4.78, 5) is 0. The summed E-state index contributed by atoms with van der Waals surface area (Å²) in [5, 5.41) is 15.8. The second-order valence-corrected chi connectivity index (χ2v) is 5.93. The normalized spacial score (nSPS) is 17.3. The second-order valence-electron chi connectivity index (χ2n) is 4.21. The van der Waals surface area contributed by atoms with E-state index in [0.717, 1.165) is 25.9 Å². The summed E-state index contributed by atoms with van der Waals surface area (Å²) in [6.45, 7) is 1.89. The number of nitrogens with one attached hydrogen (secondary N) is 2. The van der Waals surface area contributed by atoms with Crippen molar-refractivity contribution in [3.63, 3.8) is 0 Å². The Hall–Kier alpha value is -1.59. The predicted molar refractivity (Wildman–Crippen MR) is 66.4 cm³/mol. The van der Waals surface area contributed by atoms with Crippen molar-refractivity contribution in [1.82, 2.24) is 15.1 Å². The molecule has 7 nitrogen and oxygen atoms in total. The van der Waals surface area contributed by atoms with E-state index >= 15 is 0 Å². The zero-order valence-corrected chi connectivity index (χ0v) is 10.7. The summed E-state index contributed by atoms with van der Waals surface area (Å²) in [5.74, 6) is -0.550. The molecule has 2 heterocycles. The number of hydrogen-bond donors (Lipinski definition) is 2. The van der Waals surface area contributed by atoms with Gasteiger partial charge in [-0.05, 0) is 25.9 Å². The third-order valence-electron chi connectivity index (χ3n) is 2.81. The van der Waals surface area contributed by atoms with Crippen LogP contribution in [-0.2, 0) is 10.0 Å². The van der Waals surface area contributed by atoms with Gasteiger partial charge >= 0.3 is 0 Å². The molecule has 2 N–H and O–H groups in total. The van der Waals surface area contributed by atoms with E-state index in [1.165, 1.54) is 6.20 Å². The number of aromatic nitrogens is 2. The summed E-state index contributed by atoms with van der Waals surface area (Å²) >= 11 is 0. The minimum Gasteiger partial charge on any atom is -0.317 e. The summed E-state index contributed by atoms with van der Waals surface area (Å²) in [6.07, 6.45) is 5.10. The van der Waals surface area contributed by atoms with Crippen LogP contribution in [0.25, 0.3) is 0 Å². The highest BCUT2D eigenvalue weighted by Crippen LogP contribution is 2.19. The zero-order chi connectivity index (χ0) is 13.0. The van der Waals surface area contributed by atoms with E-state index in [-0.39, 0.29) is 0 Å². The molecule has 98 valence electrons. The largest absolute Gasteiger partial charge is 0.317 e. The van der Waals surface area contributed by atoms with Crippen LogP contribution in [0.3, 0.4) is 0 Å². The molecule has 18 heavy (non-hydrogen) atoms. The highest BCUT2D eigenvalue weighted by Gasteiger charge is 2.17. The molecule has 1 aliphatic rings. The molecule has 0 aromatic carbocycles. The number of sulfonamides is 1. The average Bonchev–Trinajstić information content (AvgIpc) is 2.77. The average molecular weight is 269 g/mol. The van der Waals surface area contributed by atoms with Crippen LogP contribution in [0.15, 0.2) is 12.4 Å². The van der Waals surface area contributed by atoms with Crippen molar-refractivity contribution >= 4 is 15.7 Å². The molecular weight excluding hydrogens is 254 g/mol. The number of nitriles is 1. The van der Waals surface area contributed by atoms with Crippen LogP contribution < -0.4 is 10.0 Å². The van der Waals surface area contributed by atoms with Gasteiger partial charge in [0.05, 0.1) is 24.0 Å². The Kier molecular flexibility index (Phi) is 3.84. The Morgan fingerprint density at radius 1 is 1.56 bits per heavy atom. The lowest BCUT2D eigenvalue weighted by atomic mass is 10.1. The molecule has 1 aromatic rings. The lowest BCUT2D eigenvalue weighted by Crippen LogP contribution is -2.29. The van der Waals surface area contributed by atoms with Gasteiger partial charge in [-0.15, -0.1) is 0 Å². The van der Waals surface area contributed by atoms with Gasteiger partial charge in [0, 0.05) is 6.20 Å². The maximum Gasteiger partial charge on any atom is 0.246 e. The molecule has 1 fully saturated rings. The van der Waals surface area contributed by atoms with Gasteiger partial charge in [-0.2, -0.15) is 10.4 Å². The number of nitrogens with zero attached hydrogens (tertiary/aromatic N) is 3. The van der Waals surface area contributed by atoms with Crippen molar-refractivity contribution in [2.45, 2.75) is 18.9 Å². The number of hydrogen-bond acceptors (Lipinski definition) is 5. The lowest BCUT2D eigenvalue weighted by molar-refractivity contribution is 0.343. The smallest absolute Gasteiger partial charge is 0.246 e. The highest BCUT2D eigenvalue weighted by atomic mass is 32.2. The van der Waals surface area contributed by atoms with E-state index in [2.05, 4.69) is 15.1 Å². The molecule has 1 saturated heterocycles. The summed E-state index contributed by atoms with van der Waals surface area (Å²) in [6, 6.07) is 1.92. The Labute approximate surface area is 106 Å². The Bertz CT molecular complexity index is 539. The quantitative estimate of drug-likeness (QED) is 0.806. The van der Waals surface area contributed by atoms with E-state index in [1.54, 1.807) is 16.9 Å². The molecule has 1 aliphatic heterocycles. The molecule has 8 heteroatoms. The van der Waals surface area contributed by atoms with Crippen LogP contribution in [0.5, 0.6) is 0 Å².